The predicted octanol–water partition coefficient (Wildman–Crippen LogP) is 3.11. The van der Waals surface area contributed by atoms with E-state index in [1.165, 1.54) is 13.2 Å². The van der Waals surface area contributed by atoms with Gasteiger partial charge in [0.1, 0.15) is 0 Å². The van der Waals surface area contributed by atoms with Gasteiger partial charge in [-0.15, -0.1) is 0 Å². The van der Waals surface area contributed by atoms with Crippen molar-refractivity contribution >= 4 is 12.0 Å². The molecule has 2 rings (SSSR count). The lowest BCUT2D eigenvalue weighted by molar-refractivity contribution is -0.116. The van der Waals surface area contributed by atoms with Gasteiger partial charge in [-0.25, -0.2) is 0 Å². The van der Waals surface area contributed by atoms with Gasteiger partial charge in [-0.2, -0.15) is 0 Å². The average molecular weight is 431 g/mol. The van der Waals surface area contributed by atoms with Crippen LogP contribution in [0.5, 0.6) is 34.5 Å². The Morgan fingerprint density at radius 1 is 0.742 bits per heavy atom. The second-order valence-corrected chi connectivity index (χ2v) is 6.37. The van der Waals surface area contributed by atoms with Crippen molar-refractivity contribution < 1.29 is 33.2 Å². The highest BCUT2D eigenvalue weighted by Crippen LogP contribution is 2.39. The largest absolute Gasteiger partial charge is 0.493 e. The Morgan fingerprint density at radius 2 is 1.19 bits per heavy atom. The van der Waals surface area contributed by atoms with Crippen molar-refractivity contribution in [3.05, 3.63) is 41.5 Å². The fourth-order valence-corrected chi connectivity index (χ4v) is 3.04. The Balaban J connectivity index is 2.02. The first kappa shape index (κ1) is 23.7. The molecule has 31 heavy (non-hydrogen) atoms. The molecule has 8 heteroatoms. The monoisotopic (exact) mass is 431 g/mol. The van der Waals surface area contributed by atoms with Crippen LogP contribution in [0.3, 0.4) is 0 Å². The summed E-state index contributed by atoms with van der Waals surface area (Å²) in [5.74, 6) is 2.99. The highest BCUT2D eigenvalue weighted by molar-refractivity contribution is 5.91. The van der Waals surface area contributed by atoms with Gasteiger partial charge in [-0.05, 0) is 47.9 Å². The number of methoxy groups -OCH3 is 6. The van der Waals surface area contributed by atoms with Crippen molar-refractivity contribution in [2.75, 3.05) is 49.2 Å². The van der Waals surface area contributed by atoms with E-state index in [0.29, 0.717) is 47.5 Å². The fourth-order valence-electron chi connectivity index (χ4n) is 3.04. The molecule has 0 bridgehead atoms. The molecule has 1 N–H and O–H groups in total. The summed E-state index contributed by atoms with van der Waals surface area (Å²) in [4.78, 5) is 12.2. The van der Waals surface area contributed by atoms with Crippen molar-refractivity contribution in [3.8, 4) is 34.5 Å². The van der Waals surface area contributed by atoms with Gasteiger partial charge in [0.05, 0.1) is 42.7 Å². The molecule has 0 aliphatic heterocycles. The molecule has 0 saturated heterocycles. The van der Waals surface area contributed by atoms with Crippen molar-refractivity contribution in [2.45, 2.75) is 6.42 Å². The number of carbonyl (C=O) groups excluding carboxylic acids is 1. The van der Waals surface area contributed by atoms with Gasteiger partial charge >= 0.3 is 0 Å². The number of ether oxygens (including phenoxy) is 6. The molecule has 0 saturated carbocycles. The summed E-state index contributed by atoms with van der Waals surface area (Å²) in [5, 5.41) is 2.86. The van der Waals surface area contributed by atoms with Gasteiger partial charge < -0.3 is 33.7 Å². The third-order valence-corrected chi connectivity index (χ3v) is 4.55. The van der Waals surface area contributed by atoms with Crippen molar-refractivity contribution in [2.24, 2.45) is 0 Å². The van der Waals surface area contributed by atoms with Crippen molar-refractivity contribution in [1.29, 1.82) is 0 Å². The highest BCUT2D eigenvalue weighted by atomic mass is 16.5. The quantitative estimate of drug-likeness (QED) is 0.547. The third kappa shape index (κ3) is 5.97. The molecule has 8 nitrogen and oxygen atoms in total. The minimum Gasteiger partial charge on any atom is -0.493 e. The smallest absolute Gasteiger partial charge is 0.244 e. The van der Waals surface area contributed by atoms with Gasteiger partial charge in [0.25, 0.3) is 0 Å². The zero-order chi connectivity index (χ0) is 22.8. The van der Waals surface area contributed by atoms with Crippen LogP contribution >= 0.6 is 0 Å². The summed E-state index contributed by atoms with van der Waals surface area (Å²) in [6, 6.07) is 7.25. The second-order valence-electron chi connectivity index (χ2n) is 6.37. The molecule has 2 aromatic rings. The summed E-state index contributed by atoms with van der Waals surface area (Å²) in [6.45, 7) is 0.442. The second kappa shape index (κ2) is 11.6. The standard InChI is InChI=1S/C23H29NO7/c1-26-17-11-15(12-18(27-2)22(17)30-5)7-8-21(25)24-10-9-16-13-19(28-3)23(31-6)20(14-16)29-4/h7-8,11-14H,9-10H2,1-6H3,(H,24,25)/b8-7+. The summed E-state index contributed by atoms with van der Waals surface area (Å²) in [6.07, 6.45) is 3.73. The third-order valence-electron chi connectivity index (χ3n) is 4.55. The lowest BCUT2D eigenvalue weighted by atomic mass is 10.1. The Morgan fingerprint density at radius 3 is 1.61 bits per heavy atom. The van der Waals surface area contributed by atoms with E-state index < -0.39 is 0 Å². The molecule has 168 valence electrons. The van der Waals surface area contributed by atoms with Gasteiger partial charge in [0.2, 0.25) is 17.4 Å². The maximum absolute atomic E-state index is 12.2. The summed E-state index contributed by atoms with van der Waals surface area (Å²) in [5.41, 5.74) is 1.69. The first-order valence-corrected chi connectivity index (χ1v) is 9.56. The number of nitrogens with one attached hydrogen (secondary N) is 1. The molecule has 0 aliphatic carbocycles. The number of hydrogen-bond donors (Lipinski definition) is 1. The van der Waals surface area contributed by atoms with E-state index in [2.05, 4.69) is 5.32 Å². The molecule has 2 aromatic carbocycles. The Labute approximate surface area is 182 Å². The van der Waals surface area contributed by atoms with E-state index >= 15 is 0 Å². The number of rotatable bonds is 11. The molecule has 0 radical (unpaired) electrons. The number of benzene rings is 2. The van der Waals surface area contributed by atoms with Crippen LogP contribution in [0.15, 0.2) is 30.3 Å². The van der Waals surface area contributed by atoms with Crippen molar-refractivity contribution in [1.82, 2.24) is 5.32 Å². The maximum atomic E-state index is 12.2. The Bertz CT molecular complexity index is 874. The van der Waals surface area contributed by atoms with Gasteiger partial charge in [-0.1, -0.05) is 0 Å². The first-order valence-electron chi connectivity index (χ1n) is 9.56. The van der Waals surface area contributed by atoms with Crippen LogP contribution < -0.4 is 33.7 Å². The van der Waals surface area contributed by atoms with Crippen LogP contribution in [0.2, 0.25) is 0 Å². The molecule has 0 spiro atoms. The maximum Gasteiger partial charge on any atom is 0.244 e. The SMILES string of the molecule is COc1cc(/C=C/C(=O)NCCc2cc(OC)c(OC)c(OC)c2)cc(OC)c1OC. The lowest BCUT2D eigenvalue weighted by Crippen LogP contribution is -2.23. The fraction of sp³-hybridized carbons (Fsp3) is 0.348. The molecule has 0 atom stereocenters. The van der Waals surface area contributed by atoms with E-state index in [1.54, 1.807) is 53.8 Å². The van der Waals surface area contributed by atoms with Gasteiger partial charge in [0.15, 0.2) is 23.0 Å². The normalized spacial score (nSPS) is 10.5. The summed E-state index contributed by atoms with van der Waals surface area (Å²) < 4.78 is 32.0. The minimum absolute atomic E-state index is 0.221. The van der Waals surface area contributed by atoms with Gasteiger partial charge in [0, 0.05) is 12.6 Å². The zero-order valence-corrected chi connectivity index (χ0v) is 18.7. The van der Waals surface area contributed by atoms with Crippen LogP contribution in [-0.4, -0.2) is 55.1 Å². The van der Waals surface area contributed by atoms with Crippen LogP contribution in [0, 0.1) is 0 Å². The molecule has 0 aliphatic rings. The predicted molar refractivity (Wildman–Crippen MR) is 118 cm³/mol. The number of carbonyl (C=O) groups is 1. The van der Waals surface area contributed by atoms with E-state index in [0.717, 1.165) is 11.1 Å². The van der Waals surface area contributed by atoms with Crippen LogP contribution in [0.4, 0.5) is 0 Å². The van der Waals surface area contributed by atoms with E-state index in [4.69, 9.17) is 28.4 Å². The first-order chi connectivity index (χ1) is 15.0. The Kier molecular flexibility index (Phi) is 8.87. The lowest BCUT2D eigenvalue weighted by Gasteiger charge is -2.14. The van der Waals surface area contributed by atoms with Crippen molar-refractivity contribution in [3.63, 3.8) is 0 Å². The van der Waals surface area contributed by atoms with E-state index in [-0.39, 0.29) is 5.91 Å². The summed E-state index contributed by atoms with van der Waals surface area (Å²) >= 11 is 0. The van der Waals surface area contributed by atoms with E-state index in [1.807, 2.05) is 12.1 Å². The molecule has 0 aromatic heterocycles. The van der Waals surface area contributed by atoms with Crippen LogP contribution in [0.25, 0.3) is 6.08 Å². The van der Waals surface area contributed by atoms with Gasteiger partial charge in [-0.3, -0.25) is 4.79 Å². The van der Waals surface area contributed by atoms with E-state index in [9.17, 15) is 4.79 Å². The highest BCUT2D eigenvalue weighted by Gasteiger charge is 2.14. The molecule has 0 heterocycles. The van der Waals surface area contributed by atoms with Crippen LogP contribution in [-0.2, 0) is 11.2 Å². The summed E-state index contributed by atoms with van der Waals surface area (Å²) in [7, 11) is 9.31. The topological polar surface area (TPSA) is 84.5 Å². The zero-order valence-electron chi connectivity index (χ0n) is 18.7. The Hall–Kier alpha value is -3.55. The minimum atomic E-state index is -0.221. The van der Waals surface area contributed by atoms with Crippen LogP contribution in [0.1, 0.15) is 11.1 Å². The molecule has 1 amide bonds. The number of amides is 1. The molecule has 0 unspecified atom stereocenters. The average Bonchev–Trinajstić information content (AvgIpc) is 2.80. The number of hydrogen-bond acceptors (Lipinski definition) is 7. The molecular weight excluding hydrogens is 402 g/mol. The molecular formula is C23H29NO7. The molecule has 0 fully saturated rings.